The summed E-state index contributed by atoms with van der Waals surface area (Å²) in [7, 11) is -3.56. The third kappa shape index (κ3) is 6.41. The van der Waals surface area contributed by atoms with E-state index in [4.69, 9.17) is 9.47 Å². The number of hydrogen-bond donors (Lipinski definition) is 1. The summed E-state index contributed by atoms with van der Waals surface area (Å²) in [4.78, 5) is 0.301. The summed E-state index contributed by atoms with van der Waals surface area (Å²) in [5, 5.41) is 0. The Kier molecular flexibility index (Phi) is 7.62. The first-order valence-corrected chi connectivity index (χ1v) is 11.4. The van der Waals surface area contributed by atoms with Gasteiger partial charge in [0.15, 0.2) is 6.29 Å². The van der Waals surface area contributed by atoms with Crippen molar-refractivity contribution in [2.24, 2.45) is 0 Å². The third-order valence-corrected chi connectivity index (χ3v) is 6.40. The van der Waals surface area contributed by atoms with Crippen LogP contribution in [0.2, 0.25) is 0 Å². The van der Waals surface area contributed by atoms with E-state index in [1.54, 1.807) is 12.1 Å². The molecule has 1 heterocycles. The van der Waals surface area contributed by atoms with Crippen LogP contribution in [0.4, 0.5) is 0 Å². The molecule has 6 heteroatoms. The zero-order chi connectivity index (χ0) is 19.8. The number of nitrogens with one attached hydrogen (secondary N) is 1. The van der Waals surface area contributed by atoms with Crippen molar-refractivity contribution in [2.45, 2.75) is 56.3 Å². The largest absolute Gasteiger partial charge is 0.353 e. The average Bonchev–Trinajstić information content (AvgIpc) is 2.69. The van der Waals surface area contributed by atoms with Crippen LogP contribution in [0.25, 0.3) is 0 Å². The second-order valence-corrected chi connectivity index (χ2v) is 8.99. The van der Waals surface area contributed by atoms with E-state index in [2.05, 4.69) is 4.72 Å². The van der Waals surface area contributed by atoms with Crippen molar-refractivity contribution >= 4 is 10.0 Å². The van der Waals surface area contributed by atoms with E-state index in [0.717, 1.165) is 50.0 Å². The minimum atomic E-state index is -3.56. The summed E-state index contributed by atoms with van der Waals surface area (Å²) in [5.74, 6) is 0. The molecule has 0 spiro atoms. The molecular formula is C22H29NO4S. The van der Waals surface area contributed by atoms with E-state index in [0.29, 0.717) is 11.3 Å². The van der Waals surface area contributed by atoms with Crippen molar-refractivity contribution < 1.29 is 17.9 Å². The van der Waals surface area contributed by atoms with Crippen LogP contribution in [0.1, 0.15) is 36.8 Å². The van der Waals surface area contributed by atoms with Gasteiger partial charge in [-0.05, 0) is 56.7 Å². The Morgan fingerprint density at radius 3 is 2.39 bits per heavy atom. The van der Waals surface area contributed by atoms with Gasteiger partial charge in [0.05, 0.1) is 18.1 Å². The van der Waals surface area contributed by atoms with Gasteiger partial charge < -0.3 is 9.47 Å². The molecule has 3 rings (SSSR count). The zero-order valence-corrected chi connectivity index (χ0v) is 17.2. The summed E-state index contributed by atoms with van der Waals surface area (Å²) >= 11 is 0. The highest BCUT2D eigenvalue weighted by Crippen LogP contribution is 2.17. The molecule has 0 radical (unpaired) electrons. The molecule has 0 amide bonds. The Morgan fingerprint density at radius 2 is 1.71 bits per heavy atom. The molecule has 0 unspecified atom stereocenters. The van der Waals surface area contributed by atoms with Gasteiger partial charge in [-0.15, -0.1) is 0 Å². The molecule has 1 fully saturated rings. The van der Waals surface area contributed by atoms with Crippen LogP contribution in [0.15, 0.2) is 59.5 Å². The Labute approximate surface area is 168 Å². The normalized spacial score (nSPS) is 16.8. The number of benzene rings is 2. The first kappa shape index (κ1) is 21.0. The second-order valence-electron chi connectivity index (χ2n) is 7.28. The van der Waals surface area contributed by atoms with Gasteiger partial charge in [0, 0.05) is 6.04 Å². The topological polar surface area (TPSA) is 64.6 Å². The van der Waals surface area contributed by atoms with Crippen LogP contribution in [-0.2, 0) is 25.9 Å². The fourth-order valence-electron chi connectivity index (χ4n) is 3.34. The summed E-state index contributed by atoms with van der Waals surface area (Å²) < 4.78 is 39.8. The van der Waals surface area contributed by atoms with E-state index in [-0.39, 0.29) is 12.3 Å². The molecule has 2 aromatic rings. The molecule has 1 aliphatic rings. The SMILES string of the molecule is Cc1ccc(S(=O)(=O)N[C@H](CCCC2OCCCO2)Cc2ccccc2)cc1. The van der Waals surface area contributed by atoms with Crippen LogP contribution in [0.5, 0.6) is 0 Å². The minimum Gasteiger partial charge on any atom is -0.353 e. The number of hydrogen-bond acceptors (Lipinski definition) is 4. The lowest BCUT2D eigenvalue weighted by Gasteiger charge is -2.24. The fraction of sp³-hybridized carbons (Fsp3) is 0.455. The second kappa shape index (κ2) is 10.2. The molecule has 28 heavy (non-hydrogen) atoms. The quantitative estimate of drug-likeness (QED) is 0.691. The molecular weight excluding hydrogens is 374 g/mol. The van der Waals surface area contributed by atoms with Crippen LogP contribution in [0.3, 0.4) is 0 Å². The average molecular weight is 404 g/mol. The first-order valence-electron chi connectivity index (χ1n) is 9.89. The van der Waals surface area contributed by atoms with Crippen molar-refractivity contribution in [1.82, 2.24) is 4.72 Å². The van der Waals surface area contributed by atoms with Gasteiger partial charge in [-0.1, -0.05) is 48.0 Å². The Balaban J connectivity index is 1.65. The van der Waals surface area contributed by atoms with E-state index in [1.807, 2.05) is 49.4 Å². The van der Waals surface area contributed by atoms with Crippen molar-refractivity contribution in [2.75, 3.05) is 13.2 Å². The summed E-state index contributed by atoms with van der Waals surface area (Å²) in [6.45, 7) is 3.41. The fourth-order valence-corrected chi connectivity index (χ4v) is 4.61. The lowest BCUT2D eigenvalue weighted by atomic mass is 10.0. The third-order valence-electron chi connectivity index (χ3n) is 4.87. The standard InChI is InChI=1S/C22H29NO4S/c1-18-11-13-21(14-12-18)28(24,25)23-20(17-19-7-3-2-4-8-19)9-5-10-22-26-15-6-16-27-22/h2-4,7-8,11-14,20,22-23H,5-6,9-10,15-17H2,1H3/t20-/m1/s1. The predicted octanol–water partition coefficient (Wildman–Crippen LogP) is 3.82. The van der Waals surface area contributed by atoms with Crippen LogP contribution < -0.4 is 4.72 Å². The zero-order valence-electron chi connectivity index (χ0n) is 16.3. The van der Waals surface area contributed by atoms with Gasteiger partial charge in [0.1, 0.15) is 0 Å². The first-order chi connectivity index (χ1) is 13.5. The van der Waals surface area contributed by atoms with Crippen molar-refractivity contribution in [3.63, 3.8) is 0 Å². The minimum absolute atomic E-state index is 0.167. The molecule has 1 N–H and O–H groups in total. The molecule has 1 aliphatic heterocycles. The van der Waals surface area contributed by atoms with Gasteiger partial charge >= 0.3 is 0 Å². The van der Waals surface area contributed by atoms with Gasteiger partial charge in [0.25, 0.3) is 0 Å². The maximum absolute atomic E-state index is 12.8. The number of ether oxygens (including phenoxy) is 2. The van der Waals surface area contributed by atoms with Crippen molar-refractivity contribution in [1.29, 1.82) is 0 Å². The maximum atomic E-state index is 12.8. The molecule has 2 aromatic carbocycles. The lowest BCUT2D eigenvalue weighted by molar-refractivity contribution is -0.181. The van der Waals surface area contributed by atoms with E-state index >= 15 is 0 Å². The van der Waals surface area contributed by atoms with Crippen LogP contribution in [-0.4, -0.2) is 34.0 Å². The van der Waals surface area contributed by atoms with Gasteiger partial charge in [-0.2, -0.15) is 0 Å². The molecule has 1 saturated heterocycles. The number of sulfonamides is 1. The summed E-state index contributed by atoms with van der Waals surface area (Å²) in [6, 6.07) is 16.7. The van der Waals surface area contributed by atoms with E-state index in [1.165, 1.54) is 0 Å². The molecule has 152 valence electrons. The van der Waals surface area contributed by atoms with Crippen molar-refractivity contribution in [3.8, 4) is 0 Å². The molecule has 0 aromatic heterocycles. The molecule has 0 aliphatic carbocycles. The molecule has 0 saturated carbocycles. The molecule has 5 nitrogen and oxygen atoms in total. The van der Waals surface area contributed by atoms with Crippen molar-refractivity contribution in [3.05, 3.63) is 65.7 Å². The molecule has 1 atom stereocenters. The Bertz CT molecular complexity index is 815. The van der Waals surface area contributed by atoms with Gasteiger partial charge in [-0.3, -0.25) is 0 Å². The summed E-state index contributed by atoms with van der Waals surface area (Å²) in [6.07, 6.45) is 3.75. The molecule has 0 bridgehead atoms. The van der Waals surface area contributed by atoms with E-state index in [9.17, 15) is 8.42 Å². The Morgan fingerprint density at radius 1 is 1.04 bits per heavy atom. The van der Waals surface area contributed by atoms with Crippen LogP contribution in [0, 0.1) is 6.92 Å². The Hall–Kier alpha value is -1.73. The summed E-state index contributed by atoms with van der Waals surface area (Å²) in [5.41, 5.74) is 2.15. The highest BCUT2D eigenvalue weighted by Gasteiger charge is 2.21. The van der Waals surface area contributed by atoms with Crippen LogP contribution >= 0.6 is 0 Å². The van der Waals surface area contributed by atoms with Gasteiger partial charge in [0.2, 0.25) is 10.0 Å². The number of rotatable bonds is 9. The van der Waals surface area contributed by atoms with Gasteiger partial charge in [-0.25, -0.2) is 13.1 Å². The van der Waals surface area contributed by atoms with E-state index < -0.39 is 10.0 Å². The maximum Gasteiger partial charge on any atom is 0.240 e. The predicted molar refractivity (Wildman–Crippen MR) is 110 cm³/mol. The monoisotopic (exact) mass is 403 g/mol. The highest BCUT2D eigenvalue weighted by molar-refractivity contribution is 7.89. The highest BCUT2D eigenvalue weighted by atomic mass is 32.2. The lowest BCUT2D eigenvalue weighted by Crippen LogP contribution is -2.36. The number of aryl methyl sites for hydroxylation is 1. The smallest absolute Gasteiger partial charge is 0.240 e.